The van der Waals surface area contributed by atoms with Crippen LogP contribution in [-0.2, 0) is 0 Å². The van der Waals surface area contributed by atoms with E-state index in [9.17, 15) is 4.39 Å². The lowest BCUT2D eigenvalue weighted by Gasteiger charge is -2.14. The molecule has 1 aromatic rings. The zero-order chi connectivity index (χ0) is 11.5. The van der Waals surface area contributed by atoms with Crippen LogP contribution in [0.4, 0.5) is 15.8 Å². The fourth-order valence-electron chi connectivity index (χ4n) is 2.17. The van der Waals surface area contributed by atoms with Crippen molar-refractivity contribution >= 4 is 11.4 Å². The molecule has 16 heavy (non-hydrogen) atoms. The number of anilines is 2. The second-order valence-electron chi connectivity index (χ2n) is 4.50. The molecular formula is C12H18FN3. The molecule has 1 heterocycles. The van der Waals surface area contributed by atoms with Crippen LogP contribution in [0.3, 0.4) is 0 Å². The Hall–Kier alpha value is -1.29. The van der Waals surface area contributed by atoms with Crippen molar-refractivity contribution in [2.45, 2.75) is 6.42 Å². The Morgan fingerprint density at radius 3 is 3.00 bits per heavy atom. The van der Waals surface area contributed by atoms with Crippen molar-refractivity contribution < 1.29 is 4.39 Å². The number of rotatable bonds is 3. The number of para-hydroxylation sites is 1. The summed E-state index contributed by atoms with van der Waals surface area (Å²) >= 11 is 0. The normalized spacial score (nSPS) is 21.2. The molecule has 0 bridgehead atoms. The third-order valence-corrected chi connectivity index (χ3v) is 3.10. The summed E-state index contributed by atoms with van der Waals surface area (Å²) in [5.41, 5.74) is 6.64. The van der Waals surface area contributed by atoms with E-state index in [0.29, 0.717) is 17.3 Å². The van der Waals surface area contributed by atoms with Gasteiger partial charge in [0.1, 0.15) is 5.82 Å². The summed E-state index contributed by atoms with van der Waals surface area (Å²) < 4.78 is 13.4. The molecule has 0 aliphatic carbocycles. The molecule has 0 radical (unpaired) electrons. The van der Waals surface area contributed by atoms with E-state index in [1.165, 1.54) is 6.07 Å². The first-order chi connectivity index (χ1) is 7.66. The lowest BCUT2D eigenvalue weighted by atomic mass is 10.1. The van der Waals surface area contributed by atoms with E-state index in [0.717, 1.165) is 26.1 Å². The lowest BCUT2D eigenvalue weighted by Crippen LogP contribution is -2.19. The molecule has 0 saturated carbocycles. The fraction of sp³-hybridized carbons (Fsp3) is 0.500. The van der Waals surface area contributed by atoms with Crippen molar-refractivity contribution in [1.82, 2.24) is 4.90 Å². The highest BCUT2D eigenvalue weighted by Crippen LogP contribution is 2.23. The SMILES string of the molecule is CN1CCC(CNc2c(N)cccc2F)C1. The average Bonchev–Trinajstić information content (AvgIpc) is 2.63. The molecule has 1 fully saturated rings. The van der Waals surface area contributed by atoms with Gasteiger partial charge in [0.2, 0.25) is 0 Å². The zero-order valence-corrected chi connectivity index (χ0v) is 9.54. The minimum atomic E-state index is -0.272. The third-order valence-electron chi connectivity index (χ3n) is 3.10. The first-order valence-electron chi connectivity index (χ1n) is 5.63. The molecule has 0 amide bonds. The number of nitrogens with two attached hydrogens (primary N) is 1. The third kappa shape index (κ3) is 2.44. The van der Waals surface area contributed by atoms with Gasteiger partial charge in [0.25, 0.3) is 0 Å². The van der Waals surface area contributed by atoms with Crippen LogP contribution in [0.1, 0.15) is 6.42 Å². The van der Waals surface area contributed by atoms with E-state index in [1.54, 1.807) is 12.1 Å². The van der Waals surface area contributed by atoms with E-state index in [4.69, 9.17) is 5.73 Å². The van der Waals surface area contributed by atoms with E-state index < -0.39 is 0 Å². The van der Waals surface area contributed by atoms with Crippen molar-refractivity contribution in [3.05, 3.63) is 24.0 Å². The van der Waals surface area contributed by atoms with Gasteiger partial charge in [-0.05, 0) is 38.1 Å². The monoisotopic (exact) mass is 223 g/mol. The molecule has 3 nitrogen and oxygen atoms in total. The maximum Gasteiger partial charge on any atom is 0.148 e. The Morgan fingerprint density at radius 1 is 1.56 bits per heavy atom. The molecule has 1 saturated heterocycles. The number of nitrogen functional groups attached to an aromatic ring is 1. The fourth-order valence-corrected chi connectivity index (χ4v) is 2.17. The minimum absolute atomic E-state index is 0.272. The van der Waals surface area contributed by atoms with Gasteiger partial charge in [-0.2, -0.15) is 0 Å². The molecule has 1 atom stereocenters. The predicted octanol–water partition coefficient (Wildman–Crippen LogP) is 1.77. The van der Waals surface area contributed by atoms with Crippen molar-refractivity contribution in [3.63, 3.8) is 0 Å². The number of nitrogens with zero attached hydrogens (tertiary/aromatic N) is 1. The Labute approximate surface area is 95.4 Å². The number of benzene rings is 1. The van der Waals surface area contributed by atoms with Crippen LogP contribution in [0.15, 0.2) is 18.2 Å². The summed E-state index contributed by atoms with van der Waals surface area (Å²) in [6, 6.07) is 4.77. The molecule has 3 N–H and O–H groups in total. The zero-order valence-electron chi connectivity index (χ0n) is 9.54. The van der Waals surface area contributed by atoms with Gasteiger partial charge in [0, 0.05) is 13.1 Å². The second-order valence-corrected chi connectivity index (χ2v) is 4.50. The lowest BCUT2D eigenvalue weighted by molar-refractivity contribution is 0.399. The molecule has 1 aliphatic rings. The molecule has 4 heteroatoms. The maximum atomic E-state index is 13.4. The van der Waals surface area contributed by atoms with Crippen LogP contribution < -0.4 is 11.1 Å². The highest BCUT2D eigenvalue weighted by atomic mass is 19.1. The molecule has 1 unspecified atom stereocenters. The van der Waals surface area contributed by atoms with Gasteiger partial charge >= 0.3 is 0 Å². The summed E-state index contributed by atoms with van der Waals surface area (Å²) in [5, 5.41) is 3.12. The quantitative estimate of drug-likeness (QED) is 0.767. The molecule has 1 aromatic carbocycles. The summed E-state index contributed by atoms with van der Waals surface area (Å²) in [7, 11) is 2.11. The van der Waals surface area contributed by atoms with Gasteiger partial charge in [-0.25, -0.2) is 4.39 Å². The first-order valence-corrected chi connectivity index (χ1v) is 5.63. The Bertz CT molecular complexity index is 347. The van der Waals surface area contributed by atoms with Crippen molar-refractivity contribution in [3.8, 4) is 0 Å². The standard InChI is InChI=1S/C12H18FN3/c1-16-6-5-9(8-16)7-15-12-10(13)3-2-4-11(12)14/h2-4,9,15H,5-8,14H2,1H3. The van der Waals surface area contributed by atoms with Gasteiger partial charge in [-0.1, -0.05) is 6.07 Å². The number of hydrogen-bond acceptors (Lipinski definition) is 3. The van der Waals surface area contributed by atoms with E-state index >= 15 is 0 Å². The van der Waals surface area contributed by atoms with Crippen molar-refractivity contribution in [2.24, 2.45) is 5.92 Å². The molecule has 0 spiro atoms. The van der Waals surface area contributed by atoms with Crippen LogP contribution in [0.2, 0.25) is 0 Å². The Morgan fingerprint density at radius 2 is 2.38 bits per heavy atom. The Kier molecular flexibility index (Phi) is 3.29. The van der Waals surface area contributed by atoms with Crippen molar-refractivity contribution in [1.29, 1.82) is 0 Å². The van der Waals surface area contributed by atoms with Gasteiger partial charge in [0.15, 0.2) is 0 Å². The number of hydrogen-bond donors (Lipinski definition) is 2. The number of likely N-dealkylation sites (tertiary alicyclic amines) is 1. The molecular weight excluding hydrogens is 205 g/mol. The number of nitrogens with one attached hydrogen (secondary N) is 1. The largest absolute Gasteiger partial charge is 0.397 e. The molecule has 0 aromatic heterocycles. The average molecular weight is 223 g/mol. The smallest absolute Gasteiger partial charge is 0.148 e. The Balaban J connectivity index is 1.94. The second kappa shape index (κ2) is 4.70. The molecule has 1 aliphatic heterocycles. The van der Waals surface area contributed by atoms with Crippen LogP contribution in [-0.4, -0.2) is 31.6 Å². The minimum Gasteiger partial charge on any atom is -0.397 e. The highest BCUT2D eigenvalue weighted by Gasteiger charge is 2.19. The van der Waals surface area contributed by atoms with Gasteiger partial charge < -0.3 is 16.0 Å². The first kappa shape index (κ1) is 11.2. The van der Waals surface area contributed by atoms with E-state index in [1.807, 2.05) is 0 Å². The maximum absolute atomic E-state index is 13.4. The predicted molar refractivity (Wildman–Crippen MR) is 64.9 cm³/mol. The number of halogens is 1. The van der Waals surface area contributed by atoms with Crippen LogP contribution >= 0.6 is 0 Å². The van der Waals surface area contributed by atoms with Crippen molar-refractivity contribution in [2.75, 3.05) is 37.7 Å². The van der Waals surface area contributed by atoms with Crippen LogP contribution in [0.25, 0.3) is 0 Å². The summed E-state index contributed by atoms with van der Waals surface area (Å²) in [6.07, 6.45) is 1.16. The van der Waals surface area contributed by atoms with Gasteiger partial charge in [0.05, 0.1) is 11.4 Å². The van der Waals surface area contributed by atoms with E-state index in [-0.39, 0.29) is 5.82 Å². The summed E-state index contributed by atoms with van der Waals surface area (Å²) in [4.78, 5) is 2.29. The van der Waals surface area contributed by atoms with Gasteiger partial charge in [-0.3, -0.25) is 0 Å². The topological polar surface area (TPSA) is 41.3 Å². The van der Waals surface area contributed by atoms with Gasteiger partial charge in [-0.15, -0.1) is 0 Å². The van der Waals surface area contributed by atoms with E-state index in [2.05, 4.69) is 17.3 Å². The molecule has 2 rings (SSSR count). The highest BCUT2D eigenvalue weighted by molar-refractivity contribution is 5.66. The summed E-state index contributed by atoms with van der Waals surface area (Å²) in [5.74, 6) is 0.315. The van der Waals surface area contributed by atoms with Crippen LogP contribution in [0, 0.1) is 11.7 Å². The molecule has 88 valence electrons. The summed E-state index contributed by atoms with van der Waals surface area (Å²) in [6.45, 7) is 2.98. The van der Waals surface area contributed by atoms with Crippen LogP contribution in [0.5, 0.6) is 0 Å².